The zero-order chi connectivity index (χ0) is 9.94. The molecule has 0 saturated heterocycles. The minimum atomic E-state index is -1.44. The van der Waals surface area contributed by atoms with Crippen LogP contribution in [0.4, 0.5) is 0 Å². The Bertz CT molecular complexity index is 131. The van der Waals surface area contributed by atoms with Gasteiger partial charge in [-0.15, -0.1) is 4.52 Å². The topological polar surface area (TPSA) is 52.3 Å². The van der Waals surface area contributed by atoms with Crippen molar-refractivity contribution >= 4 is 8.03 Å². The molecule has 1 unspecified atom stereocenters. The van der Waals surface area contributed by atoms with Crippen molar-refractivity contribution in [1.29, 1.82) is 0 Å². The van der Waals surface area contributed by atoms with Gasteiger partial charge in [0.25, 0.3) is 0 Å². The minimum Gasteiger partial charge on any atom is -0.330 e. The lowest BCUT2D eigenvalue weighted by Gasteiger charge is -1.93. The zero-order valence-electron chi connectivity index (χ0n) is 8.50. The van der Waals surface area contributed by atoms with Gasteiger partial charge < -0.3 is 5.73 Å². The fourth-order valence-electron chi connectivity index (χ4n) is 0.980. The third kappa shape index (κ3) is 9.94. The van der Waals surface area contributed by atoms with Gasteiger partial charge in [0.1, 0.15) is 6.61 Å². The first kappa shape index (κ1) is 13.0. The Morgan fingerprint density at radius 1 is 1.23 bits per heavy atom. The highest BCUT2D eigenvalue weighted by Crippen LogP contribution is 2.23. The van der Waals surface area contributed by atoms with Crippen LogP contribution < -0.4 is 5.73 Å². The molecule has 0 spiro atoms. The molecule has 0 aliphatic carbocycles. The van der Waals surface area contributed by atoms with Gasteiger partial charge in [-0.2, -0.15) is 0 Å². The molecule has 0 aromatic carbocycles. The van der Waals surface area contributed by atoms with E-state index in [1.54, 1.807) is 0 Å². The van der Waals surface area contributed by atoms with Gasteiger partial charge in [0, 0.05) is 6.42 Å². The van der Waals surface area contributed by atoms with E-state index in [4.69, 9.17) is 10.3 Å². The molecule has 0 aliphatic rings. The SMILES string of the molecule is CCCCCCO[P+](=O)CCCN. The number of hydrogen-bond acceptors (Lipinski definition) is 3. The van der Waals surface area contributed by atoms with Crippen LogP contribution in [0.3, 0.4) is 0 Å². The van der Waals surface area contributed by atoms with Crippen molar-refractivity contribution < 1.29 is 9.09 Å². The van der Waals surface area contributed by atoms with Crippen LogP contribution in [-0.2, 0) is 9.09 Å². The van der Waals surface area contributed by atoms with E-state index >= 15 is 0 Å². The molecule has 0 aromatic heterocycles. The van der Waals surface area contributed by atoms with Gasteiger partial charge >= 0.3 is 8.03 Å². The molecule has 0 aromatic rings. The Labute approximate surface area is 81.9 Å². The van der Waals surface area contributed by atoms with Crippen molar-refractivity contribution in [3.05, 3.63) is 0 Å². The molecule has 2 N–H and O–H groups in total. The van der Waals surface area contributed by atoms with Crippen molar-refractivity contribution in [2.45, 2.75) is 39.0 Å². The normalized spacial score (nSPS) is 11.7. The van der Waals surface area contributed by atoms with Gasteiger partial charge in [-0.3, -0.25) is 0 Å². The molecule has 0 fully saturated rings. The molecule has 0 saturated carbocycles. The van der Waals surface area contributed by atoms with Gasteiger partial charge in [0.2, 0.25) is 0 Å². The predicted octanol–water partition coefficient (Wildman–Crippen LogP) is 2.67. The summed E-state index contributed by atoms with van der Waals surface area (Å²) in [5.41, 5.74) is 5.29. The maximum Gasteiger partial charge on any atom is 0.508 e. The Balaban J connectivity index is 3.08. The van der Waals surface area contributed by atoms with Crippen LogP contribution in [0.5, 0.6) is 0 Å². The average molecular weight is 206 g/mol. The van der Waals surface area contributed by atoms with E-state index < -0.39 is 8.03 Å². The number of unbranched alkanes of at least 4 members (excludes halogenated alkanes) is 3. The highest BCUT2D eigenvalue weighted by molar-refractivity contribution is 7.39. The maximum absolute atomic E-state index is 11.1. The van der Waals surface area contributed by atoms with E-state index in [0.29, 0.717) is 19.3 Å². The minimum absolute atomic E-state index is 0.597. The van der Waals surface area contributed by atoms with Crippen LogP contribution in [0, 0.1) is 0 Å². The van der Waals surface area contributed by atoms with Gasteiger partial charge in [0.15, 0.2) is 6.16 Å². The molecule has 3 nitrogen and oxygen atoms in total. The Morgan fingerprint density at radius 2 is 2.00 bits per heavy atom. The summed E-state index contributed by atoms with van der Waals surface area (Å²) in [5, 5.41) is 0. The highest BCUT2D eigenvalue weighted by Gasteiger charge is 2.14. The zero-order valence-corrected chi connectivity index (χ0v) is 9.39. The standard InChI is InChI=1S/C9H21NO2P/c1-2-3-4-5-8-12-13(11)9-6-7-10/h2-10H2,1H3/q+1. The summed E-state index contributed by atoms with van der Waals surface area (Å²) in [7, 11) is -1.44. The van der Waals surface area contributed by atoms with E-state index in [1.807, 2.05) is 0 Å². The van der Waals surface area contributed by atoms with Crippen LogP contribution >= 0.6 is 8.03 Å². The summed E-state index contributed by atoms with van der Waals surface area (Å²) >= 11 is 0. The first-order valence-electron chi connectivity index (χ1n) is 5.09. The summed E-state index contributed by atoms with van der Waals surface area (Å²) in [6.45, 7) is 3.41. The largest absolute Gasteiger partial charge is 0.508 e. The maximum atomic E-state index is 11.1. The summed E-state index contributed by atoms with van der Waals surface area (Å²) in [5.74, 6) is 0. The van der Waals surface area contributed by atoms with Crippen molar-refractivity contribution in [1.82, 2.24) is 0 Å². The monoisotopic (exact) mass is 206 g/mol. The molecule has 0 radical (unpaired) electrons. The van der Waals surface area contributed by atoms with Crippen LogP contribution in [0.15, 0.2) is 0 Å². The quantitative estimate of drug-likeness (QED) is 0.466. The Kier molecular flexibility index (Phi) is 10.1. The van der Waals surface area contributed by atoms with Crippen LogP contribution in [-0.4, -0.2) is 19.3 Å². The Hall–Kier alpha value is 0.0200. The lowest BCUT2D eigenvalue weighted by molar-refractivity contribution is 0.316. The van der Waals surface area contributed by atoms with Crippen molar-refractivity contribution in [2.24, 2.45) is 5.73 Å². The number of nitrogens with two attached hydrogens (primary N) is 1. The summed E-state index contributed by atoms with van der Waals surface area (Å²) in [6, 6.07) is 0. The van der Waals surface area contributed by atoms with Gasteiger partial charge in [-0.25, -0.2) is 0 Å². The summed E-state index contributed by atoms with van der Waals surface area (Å²) in [6.07, 6.45) is 6.07. The first-order chi connectivity index (χ1) is 6.31. The number of hydrogen-bond donors (Lipinski definition) is 1. The molecule has 4 heteroatoms. The van der Waals surface area contributed by atoms with Gasteiger partial charge in [0.05, 0.1) is 0 Å². The average Bonchev–Trinajstić information content (AvgIpc) is 2.14. The van der Waals surface area contributed by atoms with Crippen LogP contribution in [0.25, 0.3) is 0 Å². The van der Waals surface area contributed by atoms with Gasteiger partial charge in [-0.1, -0.05) is 26.2 Å². The van der Waals surface area contributed by atoms with E-state index in [1.165, 1.54) is 19.3 Å². The fraction of sp³-hybridized carbons (Fsp3) is 1.00. The predicted molar refractivity (Wildman–Crippen MR) is 56.2 cm³/mol. The third-order valence-corrected chi connectivity index (χ3v) is 2.93. The molecule has 0 amide bonds. The lowest BCUT2D eigenvalue weighted by Crippen LogP contribution is -2.00. The van der Waals surface area contributed by atoms with E-state index in [2.05, 4.69) is 6.92 Å². The molecule has 0 heterocycles. The molecule has 1 atom stereocenters. The Morgan fingerprint density at radius 3 is 2.62 bits per heavy atom. The number of rotatable bonds is 9. The van der Waals surface area contributed by atoms with E-state index in [0.717, 1.165) is 12.8 Å². The second kappa shape index (κ2) is 10.1. The molecule has 0 aliphatic heterocycles. The molecule has 0 rings (SSSR count). The second-order valence-electron chi connectivity index (χ2n) is 3.09. The van der Waals surface area contributed by atoms with E-state index in [-0.39, 0.29) is 0 Å². The van der Waals surface area contributed by atoms with Crippen molar-refractivity contribution in [3.63, 3.8) is 0 Å². The van der Waals surface area contributed by atoms with Crippen LogP contribution in [0.2, 0.25) is 0 Å². The molecule has 13 heavy (non-hydrogen) atoms. The molecule has 78 valence electrons. The third-order valence-electron chi connectivity index (χ3n) is 1.78. The summed E-state index contributed by atoms with van der Waals surface area (Å²) < 4.78 is 16.2. The fourth-order valence-corrected chi connectivity index (χ4v) is 1.88. The van der Waals surface area contributed by atoms with Crippen LogP contribution in [0.1, 0.15) is 39.0 Å². The summed E-state index contributed by atoms with van der Waals surface area (Å²) in [4.78, 5) is 0. The van der Waals surface area contributed by atoms with E-state index in [9.17, 15) is 4.57 Å². The molecule has 0 bridgehead atoms. The van der Waals surface area contributed by atoms with Crippen molar-refractivity contribution in [2.75, 3.05) is 19.3 Å². The highest BCUT2D eigenvalue weighted by atomic mass is 31.1. The first-order valence-corrected chi connectivity index (χ1v) is 6.45. The van der Waals surface area contributed by atoms with Crippen molar-refractivity contribution in [3.8, 4) is 0 Å². The molecular formula is C9H21NO2P+. The second-order valence-corrected chi connectivity index (χ2v) is 4.46. The smallest absolute Gasteiger partial charge is 0.330 e. The van der Waals surface area contributed by atoms with Gasteiger partial charge in [-0.05, 0) is 17.5 Å². The lowest BCUT2D eigenvalue weighted by atomic mass is 10.2. The molecular weight excluding hydrogens is 185 g/mol.